The first kappa shape index (κ1) is 17.7. The van der Waals surface area contributed by atoms with Crippen molar-refractivity contribution >= 4 is 34.6 Å². The molecule has 2 aromatic carbocycles. The molecule has 25 heavy (non-hydrogen) atoms. The highest BCUT2D eigenvalue weighted by Crippen LogP contribution is 2.29. The minimum absolute atomic E-state index is 0.172. The summed E-state index contributed by atoms with van der Waals surface area (Å²) in [5.74, 6) is -1.30. The van der Waals surface area contributed by atoms with E-state index < -0.39 is 43.4 Å². The van der Waals surface area contributed by atoms with E-state index in [2.05, 4.69) is 0 Å². The molecule has 0 aliphatic carbocycles. The molecule has 12 heteroatoms. The Kier molecular flexibility index (Phi) is 4.89. The minimum Gasteiger partial charge on any atom is -0.423 e. The molecule has 0 aliphatic heterocycles. The van der Waals surface area contributed by atoms with Crippen molar-refractivity contribution in [2.75, 3.05) is 0 Å². The van der Waals surface area contributed by atoms with E-state index in [-0.39, 0.29) is 10.8 Å². The van der Waals surface area contributed by atoms with Crippen LogP contribution in [-0.4, -0.2) is 20.7 Å². The van der Waals surface area contributed by atoms with E-state index in [9.17, 15) is 35.1 Å². The highest BCUT2D eigenvalue weighted by molar-refractivity contribution is 6.32. The van der Waals surface area contributed by atoms with Gasteiger partial charge in [-0.1, -0.05) is 11.6 Å². The maximum atomic E-state index is 12.0. The molecule has 0 fully saturated rings. The fourth-order valence-corrected chi connectivity index (χ4v) is 2.03. The van der Waals surface area contributed by atoms with Gasteiger partial charge in [0, 0.05) is 24.3 Å². The molecule has 0 unspecified atom stereocenters. The highest BCUT2D eigenvalue weighted by atomic mass is 35.5. The zero-order valence-electron chi connectivity index (χ0n) is 11.9. The second kappa shape index (κ2) is 6.88. The van der Waals surface area contributed by atoms with Gasteiger partial charge in [-0.2, -0.15) is 0 Å². The Morgan fingerprint density at radius 2 is 1.44 bits per heavy atom. The van der Waals surface area contributed by atoms with E-state index in [4.69, 9.17) is 16.3 Å². The Bertz CT molecular complexity index is 882. The number of rotatable bonds is 5. The summed E-state index contributed by atoms with van der Waals surface area (Å²) >= 11 is 5.68. The molecule has 0 heterocycles. The number of carbonyl (C=O) groups excluding carboxylic acids is 1. The Morgan fingerprint density at radius 3 is 1.88 bits per heavy atom. The number of hydrogen-bond donors (Lipinski definition) is 0. The Hall–Kier alpha value is -3.60. The molecular weight excluding hydrogens is 362 g/mol. The number of hydrogen-bond acceptors (Lipinski definition) is 8. The predicted molar refractivity (Wildman–Crippen MR) is 82.8 cm³/mol. The van der Waals surface area contributed by atoms with Gasteiger partial charge in [-0.05, 0) is 6.07 Å². The number of nitro groups is 3. The van der Waals surface area contributed by atoms with Crippen LogP contribution in [0, 0.1) is 30.3 Å². The Balaban J connectivity index is 2.35. The van der Waals surface area contributed by atoms with Crippen LogP contribution in [0.5, 0.6) is 5.75 Å². The standard InChI is InChI=1S/C13H6ClN3O8/c14-11-6-10(1-2-12(11)17(23)24)25-13(18)7-3-8(15(19)20)5-9(4-7)16(21)22/h1-6H. The van der Waals surface area contributed by atoms with Crippen LogP contribution in [0.15, 0.2) is 36.4 Å². The topological polar surface area (TPSA) is 156 Å². The zero-order chi connectivity index (χ0) is 18.7. The number of esters is 1. The molecule has 0 radical (unpaired) electrons. The van der Waals surface area contributed by atoms with Gasteiger partial charge in [0.15, 0.2) is 0 Å². The first-order chi connectivity index (χ1) is 11.7. The summed E-state index contributed by atoms with van der Waals surface area (Å²) in [5.41, 5.74) is -2.17. The van der Waals surface area contributed by atoms with Crippen molar-refractivity contribution in [1.82, 2.24) is 0 Å². The zero-order valence-corrected chi connectivity index (χ0v) is 12.7. The van der Waals surface area contributed by atoms with Gasteiger partial charge in [0.1, 0.15) is 10.8 Å². The third-order valence-corrected chi connectivity index (χ3v) is 3.19. The van der Waals surface area contributed by atoms with Crippen LogP contribution in [0.2, 0.25) is 5.02 Å². The lowest BCUT2D eigenvalue weighted by Gasteiger charge is -2.05. The molecule has 0 spiro atoms. The summed E-state index contributed by atoms with van der Waals surface area (Å²) in [4.78, 5) is 41.8. The number of halogens is 1. The number of nitrogens with zero attached hydrogens (tertiary/aromatic N) is 3. The van der Waals surface area contributed by atoms with Gasteiger partial charge in [0.2, 0.25) is 0 Å². The van der Waals surface area contributed by atoms with Gasteiger partial charge >= 0.3 is 5.97 Å². The Morgan fingerprint density at radius 1 is 0.880 bits per heavy atom. The fraction of sp³-hybridized carbons (Fsp3) is 0. The van der Waals surface area contributed by atoms with E-state index in [0.717, 1.165) is 30.3 Å². The Labute approximate surface area is 142 Å². The molecule has 11 nitrogen and oxygen atoms in total. The van der Waals surface area contributed by atoms with Gasteiger partial charge < -0.3 is 4.74 Å². The van der Waals surface area contributed by atoms with E-state index >= 15 is 0 Å². The lowest BCUT2D eigenvalue weighted by molar-refractivity contribution is -0.394. The van der Waals surface area contributed by atoms with Crippen molar-refractivity contribution in [2.45, 2.75) is 0 Å². The predicted octanol–water partition coefficient (Wildman–Crippen LogP) is 3.28. The monoisotopic (exact) mass is 367 g/mol. The molecule has 0 aromatic heterocycles. The number of non-ortho nitro benzene ring substituents is 2. The van der Waals surface area contributed by atoms with Gasteiger partial charge in [-0.15, -0.1) is 0 Å². The van der Waals surface area contributed by atoms with Gasteiger partial charge in [0.05, 0.1) is 26.4 Å². The van der Waals surface area contributed by atoms with Crippen molar-refractivity contribution in [3.8, 4) is 5.75 Å². The van der Waals surface area contributed by atoms with Crippen molar-refractivity contribution in [2.24, 2.45) is 0 Å². The first-order valence-electron chi connectivity index (χ1n) is 6.29. The number of ether oxygens (including phenoxy) is 1. The summed E-state index contributed by atoms with van der Waals surface area (Å²) in [6.45, 7) is 0. The molecule has 2 aromatic rings. The molecule has 0 N–H and O–H groups in total. The molecule has 0 saturated carbocycles. The van der Waals surface area contributed by atoms with Crippen LogP contribution in [0.1, 0.15) is 10.4 Å². The van der Waals surface area contributed by atoms with E-state index in [0.29, 0.717) is 6.07 Å². The molecule has 0 saturated heterocycles. The quantitative estimate of drug-likeness (QED) is 0.337. The second-order valence-electron chi connectivity index (χ2n) is 4.51. The van der Waals surface area contributed by atoms with E-state index in [1.807, 2.05) is 0 Å². The lowest BCUT2D eigenvalue weighted by Crippen LogP contribution is -2.09. The molecule has 2 rings (SSSR count). The first-order valence-corrected chi connectivity index (χ1v) is 6.67. The van der Waals surface area contributed by atoms with Crippen molar-refractivity contribution in [3.63, 3.8) is 0 Å². The van der Waals surface area contributed by atoms with Crippen LogP contribution in [-0.2, 0) is 0 Å². The van der Waals surface area contributed by atoms with Crippen molar-refractivity contribution < 1.29 is 24.3 Å². The third-order valence-electron chi connectivity index (χ3n) is 2.89. The average Bonchev–Trinajstić information content (AvgIpc) is 2.53. The molecule has 0 bridgehead atoms. The summed E-state index contributed by atoms with van der Waals surface area (Å²) < 4.78 is 4.89. The number of carbonyl (C=O) groups is 1. The van der Waals surface area contributed by atoms with Gasteiger partial charge in [-0.25, -0.2) is 4.79 Å². The van der Waals surface area contributed by atoms with Crippen LogP contribution in [0.4, 0.5) is 17.1 Å². The fourth-order valence-electron chi connectivity index (χ4n) is 1.79. The summed E-state index contributed by atoms with van der Waals surface area (Å²) in [7, 11) is 0. The SMILES string of the molecule is O=C(Oc1ccc([N+](=O)[O-])c(Cl)c1)c1cc([N+](=O)[O-])cc([N+](=O)[O-])c1. The van der Waals surface area contributed by atoms with Crippen molar-refractivity contribution in [3.05, 3.63) is 77.3 Å². The van der Waals surface area contributed by atoms with Crippen LogP contribution in [0.3, 0.4) is 0 Å². The molecule has 0 aliphatic rings. The van der Waals surface area contributed by atoms with E-state index in [1.165, 1.54) is 0 Å². The average molecular weight is 368 g/mol. The maximum absolute atomic E-state index is 12.0. The molecule has 0 atom stereocenters. The second-order valence-corrected chi connectivity index (χ2v) is 4.92. The maximum Gasteiger partial charge on any atom is 0.344 e. The normalized spacial score (nSPS) is 10.1. The number of benzene rings is 2. The highest BCUT2D eigenvalue weighted by Gasteiger charge is 2.22. The van der Waals surface area contributed by atoms with E-state index in [1.54, 1.807) is 0 Å². The summed E-state index contributed by atoms with van der Waals surface area (Å²) in [6, 6.07) is 5.40. The van der Waals surface area contributed by atoms with Crippen LogP contribution >= 0.6 is 11.6 Å². The molecule has 128 valence electrons. The number of nitro benzene ring substituents is 3. The van der Waals surface area contributed by atoms with Crippen LogP contribution < -0.4 is 4.74 Å². The molecular formula is C13H6ClN3O8. The minimum atomic E-state index is -1.13. The largest absolute Gasteiger partial charge is 0.423 e. The van der Waals surface area contributed by atoms with Gasteiger partial charge in [0.25, 0.3) is 17.1 Å². The van der Waals surface area contributed by atoms with Gasteiger partial charge in [-0.3, -0.25) is 30.3 Å². The molecule has 0 amide bonds. The summed E-state index contributed by atoms with van der Waals surface area (Å²) in [5, 5.41) is 32.0. The third kappa shape index (κ3) is 4.03. The lowest BCUT2D eigenvalue weighted by atomic mass is 10.2. The smallest absolute Gasteiger partial charge is 0.344 e. The van der Waals surface area contributed by atoms with Crippen LogP contribution in [0.25, 0.3) is 0 Å². The van der Waals surface area contributed by atoms with Crippen molar-refractivity contribution in [1.29, 1.82) is 0 Å². The summed E-state index contributed by atoms with van der Waals surface area (Å²) in [6.07, 6.45) is 0.